The van der Waals surface area contributed by atoms with Crippen LogP contribution in [0.4, 0.5) is 0 Å². The molecule has 0 fully saturated rings. The molecule has 1 unspecified atom stereocenters. The van der Waals surface area contributed by atoms with Crippen molar-refractivity contribution in [2.24, 2.45) is 0 Å². The number of likely N-dealkylation sites (N-methyl/N-ethyl adjacent to an activating group) is 1. The Bertz CT molecular complexity index is 538. The number of halogens is 2. The van der Waals surface area contributed by atoms with Crippen molar-refractivity contribution >= 4 is 49.9 Å². The number of rotatable bonds is 4. The fraction of sp³-hybridized carbons (Fsp3) is 0.286. The summed E-state index contributed by atoms with van der Waals surface area (Å²) in [5, 5.41) is 5.57. The normalized spacial score (nSPS) is 12.7. The van der Waals surface area contributed by atoms with E-state index in [0.29, 0.717) is 6.04 Å². The molecule has 1 N–H and O–H groups in total. The summed E-state index contributed by atoms with van der Waals surface area (Å²) in [4.78, 5) is 1.40. The minimum Gasteiger partial charge on any atom is -0.313 e. The van der Waals surface area contributed by atoms with Crippen LogP contribution in [0, 0.1) is 10.5 Å². The van der Waals surface area contributed by atoms with E-state index in [2.05, 4.69) is 80.4 Å². The Morgan fingerprint density at radius 3 is 2.78 bits per heavy atom. The summed E-state index contributed by atoms with van der Waals surface area (Å²) in [7, 11) is 2.03. The molecule has 0 radical (unpaired) electrons. The fourth-order valence-electron chi connectivity index (χ4n) is 1.96. The average Bonchev–Trinajstić information content (AvgIpc) is 2.76. The molecule has 2 aromatic rings. The summed E-state index contributed by atoms with van der Waals surface area (Å²) in [6.07, 6.45) is 1.02. The summed E-state index contributed by atoms with van der Waals surface area (Å²) in [6.45, 7) is 2.17. The lowest BCUT2D eigenvalue weighted by Crippen LogP contribution is -2.20. The molecule has 0 bridgehead atoms. The second-order valence-electron chi connectivity index (χ2n) is 4.22. The number of hydrogen-bond donors (Lipinski definition) is 1. The van der Waals surface area contributed by atoms with E-state index in [1.807, 2.05) is 18.4 Å². The predicted octanol–water partition coefficient (Wildman–Crippen LogP) is 4.93. The molecule has 0 aliphatic carbocycles. The van der Waals surface area contributed by atoms with E-state index in [0.717, 1.165) is 6.42 Å². The first-order valence-electron chi connectivity index (χ1n) is 5.77. The van der Waals surface area contributed by atoms with Gasteiger partial charge in [-0.2, -0.15) is 0 Å². The van der Waals surface area contributed by atoms with Gasteiger partial charge in [-0.3, -0.25) is 0 Å². The van der Waals surface area contributed by atoms with Gasteiger partial charge in [0.2, 0.25) is 0 Å². The molecule has 0 aliphatic heterocycles. The highest BCUT2D eigenvalue weighted by Crippen LogP contribution is 2.30. The highest BCUT2D eigenvalue weighted by molar-refractivity contribution is 14.1. The Balaban J connectivity index is 2.29. The quantitative estimate of drug-likeness (QED) is 0.671. The number of nitrogens with one attached hydrogen (secondary N) is 1. The smallest absolute Gasteiger partial charge is 0.0377 e. The van der Waals surface area contributed by atoms with E-state index in [-0.39, 0.29) is 0 Å². The molecule has 2 rings (SSSR count). The SMILES string of the molecule is CNC(Cc1sccc1Br)c1cccc(C)c1I. The molecule has 0 amide bonds. The van der Waals surface area contributed by atoms with Gasteiger partial charge in [0.1, 0.15) is 0 Å². The van der Waals surface area contributed by atoms with Crippen LogP contribution < -0.4 is 5.32 Å². The second-order valence-corrected chi connectivity index (χ2v) is 7.15. The van der Waals surface area contributed by atoms with Crippen LogP contribution in [0.15, 0.2) is 34.1 Å². The minimum absolute atomic E-state index is 0.367. The van der Waals surface area contributed by atoms with Crippen molar-refractivity contribution in [2.75, 3.05) is 7.05 Å². The summed E-state index contributed by atoms with van der Waals surface area (Å²) in [6, 6.07) is 9.01. The Morgan fingerprint density at radius 1 is 1.39 bits per heavy atom. The van der Waals surface area contributed by atoms with Crippen molar-refractivity contribution in [1.82, 2.24) is 5.32 Å². The molecule has 1 heterocycles. The lowest BCUT2D eigenvalue weighted by molar-refractivity contribution is 0.592. The monoisotopic (exact) mass is 435 g/mol. The highest BCUT2D eigenvalue weighted by atomic mass is 127. The lowest BCUT2D eigenvalue weighted by Gasteiger charge is -2.19. The van der Waals surface area contributed by atoms with E-state index < -0.39 is 0 Å². The van der Waals surface area contributed by atoms with Crippen molar-refractivity contribution in [3.63, 3.8) is 0 Å². The molecule has 1 atom stereocenters. The van der Waals surface area contributed by atoms with Crippen molar-refractivity contribution in [3.8, 4) is 0 Å². The van der Waals surface area contributed by atoms with Crippen LogP contribution in [-0.2, 0) is 6.42 Å². The lowest BCUT2D eigenvalue weighted by atomic mass is 10.0. The van der Waals surface area contributed by atoms with Gasteiger partial charge in [0.05, 0.1) is 0 Å². The molecular formula is C14H15BrINS. The van der Waals surface area contributed by atoms with Crippen molar-refractivity contribution in [2.45, 2.75) is 19.4 Å². The predicted molar refractivity (Wildman–Crippen MR) is 91.4 cm³/mol. The standard InChI is InChI=1S/C14H15BrINS/c1-9-4-3-5-10(14(9)16)12(17-2)8-13-11(15)6-7-18-13/h3-7,12,17H,8H2,1-2H3. The zero-order valence-electron chi connectivity index (χ0n) is 10.3. The van der Waals surface area contributed by atoms with Gasteiger partial charge in [-0.25, -0.2) is 0 Å². The Morgan fingerprint density at radius 2 is 2.17 bits per heavy atom. The first-order valence-corrected chi connectivity index (χ1v) is 8.52. The van der Waals surface area contributed by atoms with E-state index >= 15 is 0 Å². The van der Waals surface area contributed by atoms with Gasteiger partial charge in [-0.05, 0) is 75.1 Å². The van der Waals surface area contributed by atoms with E-state index in [4.69, 9.17) is 0 Å². The van der Waals surface area contributed by atoms with E-state index in [1.165, 1.54) is 24.0 Å². The maximum atomic E-state index is 3.61. The molecule has 0 spiro atoms. The zero-order chi connectivity index (χ0) is 13.1. The summed E-state index contributed by atoms with van der Waals surface area (Å²) in [5.74, 6) is 0. The summed E-state index contributed by atoms with van der Waals surface area (Å²) < 4.78 is 2.58. The highest BCUT2D eigenvalue weighted by Gasteiger charge is 2.16. The van der Waals surface area contributed by atoms with Gasteiger partial charge in [0.15, 0.2) is 0 Å². The third-order valence-corrected chi connectivity index (χ3v) is 6.45. The maximum absolute atomic E-state index is 3.61. The van der Waals surface area contributed by atoms with Crippen LogP contribution in [0.1, 0.15) is 22.0 Å². The Hall–Kier alpha value is 0.0900. The van der Waals surface area contributed by atoms with Crippen molar-refractivity contribution in [3.05, 3.63) is 53.7 Å². The number of thiophene rings is 1. The molecular weight excluding hydrogens is 421 g/mol. The number of benzene rings is 1. The summed E-state index contributed by atoms with van der Waals surface area (Å²) in [5.41, 5.74) is 2.73. The largest absolute Gasteiger partial charge is 0.313 e. The van der Waals surface area contributed by atoms with Gasteiger partial charge >= 0.3 is 0 Å². The molecule has 4 heteroatoms. The van der Waals surface area contributed by atoms with Crippen molar-refractivity contribution in [1.29, 1.82) is 0 Å². The first kappa shape index (κ1) is 14.5. The van der Waals surface area contributed by atoms with Gasteiger partial charge in [0, 0.05) is 25.4 Å². The van der Waals surface area contributed by atoms with Crippen molar-refractivity contribution < 1.29 is 0 Å². The van der Waals surface area contributed by atoms with Crippen LogP contribution in [0.3, 0.4) is 0 Å². The zero-order valence-corrected chi connectivity index (χ0v) is 14.9. The number of aryl methyl sites for hydroxylation is 1. The summed E-state index contributed by atoms with van der Waals surface area (Å²) >= 11 is 7.86. The average molecular weight is 436 g/mol. The fourth-order valence-corrected chi connectivity index (χ4v) is 4.26. The molecule has 0 saturated carbocycles. The first-order chi connectivity index (χ1) is 8.63. The molecule has 0 saturated heterocycles. The molecule has 1 nitrogen and oxygen atoms in total. The topological polar surface area (TPSA) is 12.0 Å². The van der Waals surface area contributed by atoms with E-state index in [1.54, 1.807) is 0 Å². The van der Waals surface area contributed by atoms with Gasteiger partial charge in [-0.15, -0.1) is 11.3 Å². The van der Waals surface area contributed by atoms with Crippen LogP contribution in [0.2, 0.25) is 0 Å². The van der Waals surface area contributed by atoms with Gasteiger partial charge in [0.25, 0.3) is 0 Å². The van der Waals surface area contributed by atoms with Crippen LogP contribution >= 0.6 is 49.9 Å². The molecule has 96 valence electrons. The van der Waals surface area contributed by atoms with Crippen LogP contribution in [-0.4, -0.2) is 7.05 Å². The Kier molecular flexibility index (Phi) is 5.24. The van der Waals surface area contributed by atoms with Gasteiger partial charge < -0.3 is 5.32 Å². The third kappa shape index (κ3) is 3.15. The van der Waals surface area contributed by atoms with Crippen LogP contribution in [0.25, 0.3) is 0 Å². The third-order valence-electron chi connectivity index (χ3n) is 3.03. The number of hydrogen-bond acceptors (Lipinski definition) is 2. The van der Waals surface area contributed by atoms with Gasteiger partial charge in [-0.1, -0.05) is 18.2 Å². The maximum Gasteiger partial charge on any atom is 0.0377 e. The molecule has 18 heavy (non-hydrogen) atoms. The minimum atomic E-state index is 0.367. The second kappa shape index (κ2) is 6.50. The molecule has 1 aromatic carbocycles. The molecule has 1 aromatic heterocycles. The Labute approximate surface area is 134 Å². The van der Waals surface area contributed by atoms with Crippen LogP contribution in [0.5, 0.6) is 0 Å². The molecule has 0 aliphatic rings. The van der Waals surface area contributed by atoms with E-state index in [9.17, 15) is 0 Å².